The number of nitrogens with zero attached hydrogens (tertiary/aromatic N) is 1. The summed E-state index contributed by atoms with van der Waals surface area (Å²) in [5.41, 5.74) is 5.21. The molecule has 0 bridgehead atoms. The lowest BCUT2D eigenvalue weighted by Crippen LogP contribution is -2.52. The van der Waals surface area contributed by atoms with E-state index in [1.165, 1.54) is 0 Å². The van der Waals surface area contributed by atoms with Gasteiger partial charge in [0.1, 0.15) is 0 Å². The zero-order valence-corrected chi connectivity index (χ0v) is 14.4. The van der Waals surface area contributed by atoms with Gasteiger partial charge in [0.2, 0.25) is 0 Å². The summed E-state index contributed by atoms with van der Waals surface area (Å²) in [6.45, 7) is 6.40. The van der Waals surface area contributed by atoms with Gasteiger partial charge in [0.15, 0.2) is 5.69 Å². The molecule has 0 fully saturated rings. The average Bonchev–Trinajstić information content (AvgIpc) is 2.47. The van der Waals surface area contributed by atoms with E-state index in [4.69, 9.17) is 5.73 Å². The van der Waals surface area contributed by atoms with Crippen LogP contribution in [0.15, 0.2) is 29.1 Å². The summed E-state index contributed by atoms with van der Waals surface area (Å²) < 4.78 is 0. The first-order valence-corrected chi connectivity index (χ1v) is 7.36. The third kappa shape index (κ3) is 4.30. The smallest absolute Gasteiger partial charge is 0.272 e. The molecule has 6 nitrogen and oxygen atoms in total. The van der Waals surface area contributed by atoms with Crippen molar-refractivity contribution >= 4 is 29.1 Å². The van der Waals surface area contributed by atoms with Gasteiger partial charge < -0.3 is 11.1 Å². The van der Waals surface area contributed by atoms with Crippen LogP contribution < -0.4 is 16.6 Å². The molecule has 23 heavy (non-hydrogen) atoms. The van der Waals surface area contributed by atoms with Crippen LogP contribution in [0.4, 0.5) is 0 Å². The fourth-order valence-corrected chi connectivity index (χ4v) is 2.71. The molecule has 7 heteroatoms. The lowest BCUT2D eigenvalue weighted by atomic mass is 9.90. The number of nitrogens with two attached hydrogens (primary N) is 1. The Balaban J connectivity index is 0.00000264. The molecule has 1 unspecified atom stereocenters. The van der Waals surface area contributed by atoms with E-state index >= 15 is 0 Å². The molecule has 0 saturated heterocycles. The highest BCUT2D eigenvalue weighted by atomic mass is 35.5. The Morgan fingerprint density at radius 2 is 1.96 bits per heavy atom. The Bertz CT molecular complexity index is 744. The highest BCUT2D eigenvalue weighted by Gasteiger charge is 2.27. The Labute approximate surface area is 141 Å². The summed E-state index contributed by atoms with van der Waals surface area (Å²) in [5.74, 6) is 0.0650. The molecule has 1 heterocycles. The van der Waals surface area contributed by atoms with Gasteiger partial charge in [-0.05, 0) is 25.3 Å². The Morgan fingerprint density at radius 3 is 2.52 bits per heavy atom. The summed E-state index contributed by atoms with van der Waals surface area (Å²) in [7, 11) is 0. The van der Waals surface area contributed by atoms with Gasteiger partial charge >= 0.3 is 0 Å². The highest BCUT2D eigenvalue weighted by Crippen LogP contribution is 2.18. The topological polar surface area (TPSA) is 101 Å². The molecule has 1 atom stereocenters. The molecule has 1 aromatic heterocycles. The molecule has 0 aliphatic rings. The van der Waals surface area contributed by atoms with Gasteiger partial charge in [0.25, 0.3) is 11.5 Å². The van der Waals surface area contributed by atoms with Crippen LogP contribution in [0.2, 0.25) is 0 Å². The SMILES string of the molecule is CC(C)CC(C)(CN)NC(=O)c1n[nH]c(=O)c2ccccc12.Cl. The zero-order chi connectivity index (χ0) is 16.3. The van der Waals surface area contributed by atoms with Crippen molar-refractivity contribution in [1.29, 1.82) is 0 Å². The number of aromatic nitrogens is 2. The number of benzene rings is 1. The Kier molecular flexibility index (Phi) is 6.29. The van der Waals surface area contributed by atoms with Gasteiger partial charge in [-0.15, -0.1) is 12.4 Å². The van der Waals surface area contributed by atoms with Crippen LogP contribution in [0.5, 0.6) is 0 Å². The minimum Gasteiger partial charge on any atom is -0.344 e. The van der Waals surface area contributed by atoms with Gasteiger partial charge in [-0.2, -0.15) is 5.10 Å². The standard InChI is InChI=1S/C16H22N4O2.ClH/c1-10(2)8-16(3,9-17)18-15(22)13-11-6-4-5-7-12(11)14(21)20-19-13;/h4-7,10H,8-9,17H2,1-3H3,(H,18,22)(H,20,21);1H. The van der Waals surface area contributed by atoms with Crippen LogP contribution in [-0.4, -0.2) is 28.2 Å². The molecule has 2 rings (SSSR count). The molecule has 4 N–H and O–H groups in total. The Morgan fingerprint density at radius 1 is 1.35 bits per heavy atom. The van der Waals surface area contributed by atoms with E-state index in [1.807, 2.05) is 6.92 Å². The quantitative estimate of drug-likeness (QED) is 0.774. The molecule has 0 radical (unpaired) electrons. The number of hydrogen-bond donors (Lipinski definition) is 3. The van der Waals surface area contributed by atoms with E-state index in [-0.39, 0.29) is 29.6 Å². The first kappa shape index (κ1) is 19.1. The van der Waals surface area contributed by atoms with Crippen molar-refractivity contribution in [3.05, 3.63) is 40.3 Å². The molecule has 1 aromatic carbocycles. The molecule has 0 saturated carbocycles. The van der Waals surface area contributed by atoms with E-state index in [0.717, 1.165) is 6.42 Å². The first-order chi connectivity index (χ1) is 10.4. The summed E-state index contributed by atoms with van der Waals surface area (Å²) in [6, 6.07) is 6.91. The van der Waals surface area contributed by atoms with Crippen molar-refractivity contribution in [2.75, 3.05) is 6.54 Å². The van der Waals surface area contributed by atoms with E-state index in [9.17, 15) is 9.59 Å². The predicted molar refractivity (Wildman–Crippen MR) is 94.0 cm³/mol. The molecule has 0 aliphatic carbocycles. The van der Waals surface area contributed by atoms with Crippen LogP contribution in [0.3, 0.4) is 0 Å². The number of halogens is 1. The number of nitrogens with one attached hydrogen (secondary N) is 2. The van der Waals surface area contributed by atoms with Gasteiger partial charge in [-0.1, -0.05) is 32.0 Å². The van der Waals surface area contributed by atoms with Gasteiger partial charge in [-0.25, -0.2) is 5.10 Å². The molecule has 0 aliphatic heterocycles. The third-order valence-electron chi connectivity index (χ3n) is 3.64. The van der Waals surface area contributed by atoms with E-state index < -0.39 is 5.54 Å². The lowest BCUT2D eigenvalue weighted by Gasteiger charge is -2.31. The number of hydrogen-bond acceptors (Lipinski definition) is 4. The number of carbonyl (C=O) groups excluding carboxylic acids is 1. The second-order valence-electron chi connectivity index (χ2n) is 6.26. The van der Waals surface area contributed by atoms with Crippen molar-refractivity contribution in [3.8, 4) is 0 Å². The third-order valence-corrected chi connectivity index (χ3v) is 3.64. The molecule has 1 amide bonds. The number of fused-ring (bicyclic) bond motifs is 1. The average molecular weight is 339 g/mol. The second-order valence-corrected chi connectivity index (χ2v) is 6.26. The van der Waals surface area contributed by atoms with Gasteiger partial charge in [0, 0.05) is 11.9 Å². The highest BCUT2D eigenvalue weighted by molar-refractivity contribution is 6.04. The molecular formula is C16H23ClN4O2. The van der Waals surface area contributed by atoms with E-state index in [0.29, 0.717) is 23.2 Å². The maximum Gasteiger partial charge on any atom is 0.272 e. The van der Waals surface area contributed by atoms with Crippen LogP contribution in [0.25, 0.3) is 10.8 Å². The van der Waals surface area contributed by atoms with E-state index in [2.05, 4.69) is 29.4 Å². The monoisotopic (exact) mass is 338 g/mol. The van der Waals surface area contributed by atoms with Crippen molar-refractivity contribution in [3.63, 3.8) is 0 Å². The van der Waals surface area contributed by atoms with Crippen LogP contribution in [-0.2, 0) is 0 Å². The second kappa shape index (κ2) is 7.57. The number of amides is 1. The maximum atomic E-state index is 12.6. The van der Waals surface area contributed by atoms with Crippen molar-refractivity contribution < 1.29 is 4.79 Å². The van der Waals surface area contributed by atoms with E-state index in [1.54, 1.807) is 24.3 Å². The van der Waals surface area contributed by atoms with Crippen molar-refractivity contribution in [2.45, 2.75) is 32.7 Å². The summed E-state index contributed by atoms with van der Waals surface area (Å²) in [6.07, 6.45) is 0.760. The number of rotatable bonds is 5. The number of H-pyrrole nitrogens is 1. The molecule has 126 valence electrons. The van der Waals surface area contributed by atoms with Gasteiger partial charge in [-0.3, -0.25) is 9.59 Å². The fourth-order valence-electron chi connectivity index (χ4n) is 2.71. The van der Waals surface area contributed by atoms with Crippen molar-refractivity contribution in [2.24, 2.45) is 11.7 Å². The largest absolute Gasteiger partial charge is 0.344 e. The number of carbonyl (C=O) groups is 1. The molecule has 0 spiro atoms. The minimum atomic E-state index is -0.510. The predicted octanol–water partition coefficient (Wildman–Crippen LogP) is 1.84. The van der Waals surface area contributed by atoms with Crippen LogP contribution in [0.1, 0.15) is 37.7 Å². The zero-order valence-electron chi connectivity index (χ0n) is 13.6. The van der Waals surface area contributed by atoms with Gasteiger partial charge in [0.05, 0.1) is 10.9 Å². The van der Waals surface area contributed by atoms with Crippen molar-refractivity contribution in [1.82, 2.24) is 15.5 Å². The molecular weight excluding hydrogens is 316 g/mol. The maximum absolute atomic E-state index is 12.6. The fraction of sp³-hybridized carbons (Fsp3) is 0.438. The normalized spacial score (nSPS) is 13.4. The van der Waals surface area contributed by atoms with Crippen LogP contribution >= 0.6 is 12.4 Å². The lowest BCUT2D eigenvalue weighted by molar-refractivity contribution is 0.0894. The summed E-state index contributed by atoms with van der Waals surface area (Å²) >= 11 is 0. The van der Waals surface area contributed by atoms with Crippen LogP contribution in [0, 0.1) is 5.92 Å². The Hall–Kier alpha value is -1.92. The molecule has 2 aromatic rings. The minimum absolute atomic E-state index is 0. The summed E-state index contributed by atoms with van der Waals surface area (Å²) in [5, 5.41) is 10.2. The first-order valence-electron chi connectivity index (χ1n) is 7.36. The number of aromatic amines is 1. The summed E-state index contributed by atoms with van der Waals surface area (Å²) in [4.78, 5) is 24.3.